The highest BCUT2D eigenvalue weighted by Gasteiger charge is 2.13. The second-order valence-corrected chi connectivity index (χ2v) is 4.05. The summed E-state index contributed by atoms with van der Waals surface area (Å²) in [6.07, 6.45) is 2.65. The van der Waals surface area contributed by atoms with Crippen LogP contribution >= 0.6 is 0 Å². The van der Waals surface area contributed by atoms with E-state index >= 15 is 0 Å². The number of carbonyl (C=O) groups excluding carboxylic acids is 1. The van der Waals surface area contributed by atoms with Gasteiger partial charge in [0, 0.05) is 11.3 Å². The van der Waals surface area contributed by atoms with Crippen LogP contribution in [-0.4, -0.2) is 17.1 Å². The summed E-state index contributed by atoms with van der Waals surface area (Å²) in [6.45, 7) is 1.96. The van der Waals surface area contributed by atoms with Gasteiger partial charge in [0.25, 0.3) is 0 Å². The highest BCUT2D eigenvalue weighted by atomic mass is 16.3. The lowest BCUT2D eigenvalue weighted by Gasteiger charge is -2.13. The Morgan fingerprint density at radius 1 is 1.47 bits per heavy atom. The lowest BCUT2D eigenvalue weighted by Crippen LogP contribution is -2.35. The second kappa shape index (κ2) is 7.04. The van der Waals surface area contributed by atoms with Crippen LogP contribution in [0.25, 0.3) is 0 Å². The zero-order valence-electron chi connectivity index (χ0n) is 10.1. The third-order valence-electron chi connectivity index (χ3n) is 2.65. The first-order valence-electron chi connectivity index (χ1n) is 5.94. The number of nitrogens with one attached hydrogen (secondary N) is 1. The lowest BCUT2D eigenvalue weighted by molar-refractivity contribution is -0.117. The molecule has 0 aromatic heterocycles. The van der Waals surface area contributed by atoms with Crippen molar-refractivity contribution in [2.75, 3.05) is 5.32 Å². The number of anilines is 1. The van der Waals surface area contributed by atoms with Crippen LogP contribution in [0, 0.1) is 0 Å². The van der Waals surface area contributed by atoms with Gasteiger partial charge in [-0.2, -0.15) is 0 Å². The van der Waals surface area contributed by atoms with Gasteiger partial charge in [-0.05, 0) is 12.5 Å². The largest absolute Gasteiger partial charge is 0.392 e. The molecule has 1 atom stereocenters. The van der Waals surface area contributed by atoms with E-state index in [4.69, 9.17) is 10.8 Å². The van der Waals surface area contributed by atoms with E-state index in [1.54, 1.807) is 12.1 Å². The van der Waals surface area contributed by atoms with E-state index in [1.807, 2.05) is 12.1 Å². The minimum Gasteiger partial charge on any atom is -0.392 e. The van der Waals surface area contributed by atoms with Crippen LogP contribution in [0.1, 0.15) is 31.7 Å². The zero-order chi connectivity index (χ0) is 12.7. The number of amides is 1. The molecule has 0 heterocycles. The van der Waals surface area contributed by atoms with Gasteiger partial charge < -0.3 is 16.2 Å². The molecule has 0 aliphatic rings. The first kappa shape index (κ1) is 13.7. The van der Waals surface area contributed by atoms with Crippen molar-refractivity contribution in [2.45, 2.75) is 38.8 Å². The summed E-state index contributed by atoms with van der Waals surface area (Å²) >= 11 is 0. The van der Waals surface area contributed by atoms with Gasteiger partial charge in [-0.15, -0.1) is 0 Å². The van der Waals surface area contributed by atoms with Gasteiger partial charge in [0.2, 0.25) is 5.91 Å². The number of unbranched alkanes of at least 4 members (excludes halogenated alkanes) is 1. The zero-order valence-corrected chi connectivity index (χ0v) is 10.1. The topological polar surface area (TPSA) is 75.4 Å². The predicted molar refractivity (Wildman–Crippen MR) is 68.5 cm³/mol. The molecule has 0 unspecified atom stereocenters. The summed E-state index contributed by atoms with van der Waals surface area (Å²) in [5, 5.41) is 11.9. The van der Waals surface area contributed by atoms with Gasteiger partial charge in [-0.1, -0.05) is 38.0 Å². The third-order valence-corrected chi connectivity index (χ3v) is 2.65. The minimum atomic E-state index is -0.485. The Balaban J connectivity index is 2.61. The van der Waals surface area contributed by atoms with Crippen molar-refractivity contribution in [1.82, 2.24) is 0 Å². The SMILES string of the molecule is CCCC[C@H](N)C(=O)Nc1ccccc1CO. The molecule has 4 heteroatoms. The number of benzene rings is 1. The number of hydrogen-bond acceptors (Lipinski definition) is 3. The van der Waals surface area contributed by atoms with Gasteiger partial charge in [0.15, 0.2) is 0 Å². The predicted octanol–water partition coefficient (Wildman–Crippen LogP) is 1.63. The van der Waals surface area contributed by atoms with Crippen LogP contribution in [-0.2, 0) is 11.4 Å². The fraction of sp³-hybridized carbons (Fsp3) is 0.462. The van der Waals surface area contributed by atoms with Gasteiger partial charge in [0.1, 0.15) is 0 Å². The maximum Gasteiger partial charge on any atom is 0.241 e. The first-order chi connectivity index (χ1) is 8.19. The van der Waals surface area contributed by atoms with Gasteiger partial charge >= 0.3 is 0 Å². The quantitative estimate of drug-likeness (QED) is 0.702. The molecule has 1 amide bonds. The second-order valence-electron chi connectivity index (χ2n) is 4.05. The Labute approximate surface area is 102 Å². The molecule has 1 aromatic rings. The molecular formula is C13H20N2O2. The Kier molecular flexibility index (Phi) is 5.66. The van der Waals surface area contributed by atoms with E-state index in [2.05, 4.69) is 12.2 Å². The highest BCUT2D eigenvalue weighted by molar-refractivity contribution is 5.95. The molecular weight excluding hydrogens is 216 g/mol. The maximum atomic E-state index is 11.8. The summed E-state index contributed by atoms with van der Waals surface area (Å²) in [5.41, 5.74) is 7.10. The Bertz CT molecular complexity index is 366. The van der Waals surface area contributed by atoms with E-state index in [0.717, 1.165) is 12.8 Å². The summed E-state index contributed by atoms with van der Waals surface area (Å²) in [7, 11) is 0. The molecule has 0 bridgehead atoms. The summed E-state index contributed by atoms with van der Waals surface area (Å²) in [5.74, 6) is -0.195. The Hall–Kier alpha value is -1.39. The summed E-state index contributed by atoms with van der Waals surface area (Å²) in [6, 6.07) is 6.68. The number of nitrogens with two attached hydrogens (primary N) is 1. The molecule has 4 nitrogen and oxygen atoms in total. The van der Waals surface area contributed by atoms with Crippen LogP contribution in [0.15, 0.2) is 24.3 Å². The van der Waals surface area contributed by atoms with Crippen LogP contribution in [0.4, 0.5) is 5.69 Å². The van der Waals surface area contributed by atoms with Crippen molar-refractivity contribution in [2.24, 2.45) is 5.73 Å². The molecule has 17 heavy (non-hydrogen) atoms. The standard InChI is InChI=1S/C13H20N2O2/c1-2-3-7-11(14)13(17)15-12-8-5-4-6-10(12)9-16/h4-6,8,11,16H,2-3,7,9,14H2,1H3,(H,15,17)/t11-/m0/s1. The highest BCUT2D eigenvalue weighted by Crippen LogP contribution is 2.15. The number of aliphatic hydroxyl groups is 1. The van der Waals surface area contributed by atoms with Crippen molar-refractivity contribution in [3.8, 4) is 0 Å². The molecule has 0 aliphatic carbocycles. The average molecular weight is 236 g/mol. The molecule has 0 saturated carbocycles. The Morgan fingerprint density at radius 3 is 2.82 bits per heavy atom. The van der Waals surface area contributed by atoms with Gasteiger partial charge in [0.05, 0.1) is 12.6 Å². The van der Waals surface area contributed by atoms with E-state index in [1.165, 1.54) is 0 Å². The normalized spacial score (nSPS) is 12.2. The van der Waals surface area contributed by atoms with E-state index in [9.17, 15) is 4.79 Å². The smallest absolute Gasteiger partial charge is 0.241 e. The minimum absolute atomic E-state index is 0.0966. The van der Waals surface area contributed by atoms with Crippen LogP contribution in [0.2, 0.25) is 0 Å². The molecule has 0 radical (unpaired) electrons. The van der Waals surface area contributed by atoms with Crippen molar-refractivity contribution in [1.29, 1.82) is 0 Å². The molecule has 94 valence electrons. The van der Waals surface area contributed by atoms with Crippen molar-refractivity contribution >= 4 is 11.6 Å². The average Bonchev–Trinajstić information content (AvgIpc) is 2.36. The number of carbonyl (C=O) groups is 1. The molecule has 1 aromatic carbocycles. The molecule has 0 fully saturated rings. The van der Waals surface area contributed by atoms with E-state index < -0.39 is 6.04 Å². The number of hydrogen-bond donors (Lipinski definition) is 3. The van der Waals surface area contributed by atoms with Crippen molar-refractivity contribution in [3.05, 3.63) is 29.8 Å². The van der Waals surface area contributed by atoms with Crippen LogP contribution in [0.5, 0.6) is 0 Å². The monoisotopic (exact) mass is 236 g/mol. The van der Waals surface area contributed by atoms with E-state index in [-0.39, 0.29) is 12.5 Å². The summed E-state index contributed by atoms with van der Waals surface area (Å²) < 4.78 is 0. The number of para-hydroxylation sites is 1. The Morgan fingerprint density at radius 2 is 2.18 bits per heavy atom. The van der Waals surface area contributed by atoms with Gasteiger partial charge in [-0.25, -0.2) is 0 Å². The van der Waals surface area contributed by atoms with Crippen LogP contribution in [0.3, 0.4) is 0 Å². The molecule has 1 rings (SSSR count). The molecule has 4 N–H and O–H groups in total. The fourth-order valence-electron chi connectivity index (χ4n) is 1.56. The van der Waals surface area contributed by atoms with Crippen LogP contribution < -0.4 is 11.1 Å². The number of rotatable bonds is 6. The summed E-state index contributed by atoms with van der Waals surface area (Å²) in [4.78, 5) is 11.8. The first-order valence-corrected chi connectivity index (χ1v) is 5.94. The molecule has 0 spiro atoms. The third kappa shape index (κ3) is 4.17. The van der Waals surface area contributed by atoms with Gasteiger partial charge in [-0.3, -0.25) is 4.79 Å². The number of aliphatic hydroxyl groups excluding tert-OH is 1. The lowest BCUT2D eigenvalue weighted by atomic mass is 10.1. The maximum absolute atomic E-state index is 11.8. The molecule has 0 saturated heterocycles. The van der Waals surface area contributed by atoms with Crippen molar-refractivity contribution in [3.63, 3.8) is 0 Å². The fourth-order valence-corrected chi connectivity index (χ4v) is 1.56. The van der Waals surface area contributed by atoms with E-state index in [0.29, 0.717) is 17.7 Å². The van der Waals surface area contributed by atoms with Crippen molar-refractivity contribution < 1.29 is 9.90 Å². The molecule has 0 aliphatic heterocycles.